The van der Waals surface area contributed by atoms with Crippen molar-refractivity contribution in [2.45, 2.75) is 46.0 Å². The van der Waals surface area contributed by atoms with Crippen LogP contribution < -0.4 is 10.6 Å². The van der Waals surface area contributed by atoms with E-state index in [4.69, 9.17) is 10.00 Å². The Morgan fingerprint density at radius 3 is 2.50 bits per heavy atom. The Morgan fingerprint density at radius 1 is 1.15 bits per heavy atom. The van der Waals surface area contributed by atoms with Crippen molar-refractivity contribution in [1.29, 1.82) is 5.26 Å². The summed E-state index contributed by atoms with van der Waals surface area (Å²) in [5.41, 5.74) is 0.119. The normalized spacial score (nSPS) is 10.9. The molecule has 0 aliphatic carbocycles. The van der Waals surface area contributed by atoms with Crippen molar-refractivity contribution in [3.63, 3.8) is 0 Å². The second-order valence-electron chi connectivity index (χ2n) is 4.55. The van der Waals surface area contributed by atoms with Crippen LogP contribution in [-0.4, -0.2) is 32.2 Å². The maximum Gasteiger partial charge on any atom is 0.263 e. The van der Waals surface area contributed by atoms with E-state index >= 15 is 0 Å². The molecule has 5 nitrogen and oxygen atoms in total. The van der Waals surface area contributed by atoms with E-state index < -0.39 is 0 Å². The minimum Gasteiger partial charge on any atom is -0.390 e. The average molecular weight is 281 g/mol. The van der Waals surface area contributed by atoms with Crippen LogP contribution in [-0.2, 0) is 9.53 Å². The largest absolute Gasteiger partial charge is 0.390 e. The third kappa shape index (κ3) is 10.4. The van der Waals surface area contributed by atoms with Gasteiger partial charge in [-0.2, -0.15) is 5.26 Å². The monoisotopic (exact) mass is 281 g/mol. The summed E-state index contributed by atoms with van der Waals surface area (Å²) in [5.74, 6) is -0.312. The predicted molar refractivity (Wildman–Crippen MR) is 80.0 cm³/mol. The van der Waals surface area contributed by atoms with Crippen molar-refractivity contribution < 1.29 is 9.53 Å². The number of unbranched alkanes of at least 4 members (excludes halogenated alkanes) is 2. The Morgan fingerprint density at radius 2 is 1.85 bits per heavy atom. The maximum absolute atomic E-state index is 11.6. The van der Waals surface area contributed by atoms with Crippen LogP contribution in [0.25, 0.3) is 0 Å². The highest BCUT2D eigenvalue weighted by Crippen LogP contribution is 1.93. The Kier molecular flexibility index (Phi) is 12.8. The molecule has 0 saturated heterocycles. The molecule has 1 amide bonds. The molecule has 0 aromatic heterocycles. The van der Waals surface area contributed by atoms with E-state index in [-0.39, 0.29) is 11.5 Å². The first-order valence-electron chi connectivity index (χ1n) is 7.45. The molecule has 0 bridgehead atoms. The fourth-order valence-corrected chi connectivity index (χ4v) is 1.42. The molecule has 0 aromatic rings. The van der Waals surface area contributed by atoms with Gasteiger partial charge in [0.15, 0.2) is 0 Å². The zero-order valence-electron chi connectivity index (χ0n) is 12.7. The number of amides is 1. The van der Waals surface area contributed by atoms with Crippen LogP contribution >= 0.6 is 0 Å². The van der Waals surface area contributed by atoms with Gasteiger partial charge in [-0.05, 0) is 19.3 Å². The molecular weight excluding hydrogens is 254 g/mol. The second kappa shape index (κ2) is 13.9. The van der Waals surface area contributed by atoms with Gasteiger partial charge in [-0.15, -0.1) is 0 Å². The molecule has 0 saturated carbocycles. The van der Waals surface area contributed by atoms with E-state index in [9.17, 15) is 4.79 Å². The first-order chi connectivity index (χ1) is 9.76. The van der Waals surface area contributed by atoms with Gasteiger partial charge in [0.2, 0.25) is 0 Å². The smallest absolute Gasteiger partial charge is 0.263 e. The van der Waals surface area contributed by atoms with Gasteiger partial charge < -0.3 is 15.4 Å². The van der Waals surface area contributed by atoms with Gasteiger partial charge in [-0.3, -0.25) is 4.79 Å². The number of hydrogen-bond acceptors (Lipinski definition) is 4. The lowest BCUT2D eigenvalue weighted by Gasteiger charge is -2.05. The van der Waals surface area contributed by atoms with E-state index in [0.717, 1.165) is 38.7 Å². The summed E-state index contributed by atoms with van der Waals surface area (Å²) in [6.07, 6.45) is 6.50. The molecule has 0 spiro atoms. The number of nitrogens with zero attached hydrogens (tertiary/aromatic N) is 1. The number of ether oxygens (including phenoxy) is 1. The van der Waals surface area contributed by atoms with E-state index in [1.165, 1.54) is 6.20 Å². The molecule has 5 heteroatoms. The third-order valence-corrected chi connectivity index (χ3v) is 2.68. The van der Waals surface area contributed by atoms with Crippen LogP contribution in [0.5, 0.6) is 0 Å². The standard InChI is InChI=1S/C15H27N3O2/c1-3-5-9-18-15(19)14(12-16)13-17-8-7-11-20-10-6-4-2/h13,17H,3-11H2,1-2H3,(H,18,19)/b14-13-. The molecule has 0 unspecified atom stereocenters. The summed E-state index contributed by atoms with van der Waals surface area (Å²) in [7, 11) is 0. The lowest BCUT2D eigenvalue weighted by molar-refractivity contribution is -0.117. The summed E-state index contributed by atoms with van der Waals surface area (Å²) in [4.78, 5) is 11.6. The topological polar surface area (TPSA) is 74.2 Å². The van der Waals surface area contributed by atoms with Crippen LogP contribution in [0, 0.1) is 11.3 Å². The van der Waals surface area contributed by atoms with Crippen molar-refractivity contribution in [1.82, 2.24) is 10.6 Å². The Bertz CT molecular complexity index is 322. The van der Waals surface area contributed by atoms with Crippen molar-refractivity contribution in [3.05, 3.63) is 11.8 Å². The number of nitrogens with one attached hydrogen (secondary N) is 2. The van der Waals surface area contributed by atoms with Crippen LogP contribution in [0.3, 0.4) is 0 Å². The van der Waals surface area contributed by atoms with Crippen LogP contribution in [0.2, 0.25) is 0 Å². The number of hydrogen-bond donors (Lipinski definition) is 2. The molecule has 0 rings (SSSR count). The minimum absolute atomic E-state index is 0.119. The highest BCUT2D eigenvalue weighted by Gasteiger charge is 2.06. The fraction of sp³-hybridized carbons (Fsp3) is 0.733. The molecule has 0 radical (unpaired) electrons. The van der Waals surface area contributed by atoms with Crippen molar-refractivity contribution in [3.8, 4) is 6.07 Å². The summed E-state index contributed by atoms with van der Waals surface area (Å²) in [6, 6.07) is 1.90. The van der Waals surface area contributed by atoms with E-state index in [1.807, 2.05) is 6.07 Å². The Balaban J connectivity index is 3.74. The predicted octanol–water partition coefficient (Wildman–Crippen LogP) is 2.11. The molecule has 0 fully saturated rings. The summed E-state index contributed by atoms with van der Waals surface area (Å²) < 4.78 is 5.42. The molecule has 0 aliphatic rings. The van der Waals surface area contributed by atoms with Crippen LogP contribution in [0.1, 0.15) is 46.0 Å². The zero-order valence-corrected chi connectivity index (χ0v) is 12.7. The second-order valence-corrected chi connectivity index (χ2v) is 4.55. The third-order valence-electron chi connectivity index (χ3n) is 2.68. The lowest BCUT2D eigenvalue weighted by Crippen LogP contribution is -2.26. The van der Waals surface area contributed by atoms with Crippen molar-refractivity contribution in [2.75, 3.05) is 26.3 Å². The molecule has 20 heavy (non-hydrogen) atoms. The molecule has 0 atom stereocenters. The van der Waals surface area contributed by atoms with Gasteiger partial charge >= 0.3 is 0 Å². The van der Waals surface area contributed by atoms with Gasteiger partial charge in [0.05, 0.1) is 0 Å². The van der Waals surface area contributed by atoms with Crippen LogP contribution in [0.4, 0.5) is 0 Å². The number of rotatable bonds is 12. The van der Waals surface area contributed by atoms with Gasteiger partial charge in [-0.1, -0.05) is 26.7 Å². The van der Waals surface area contributed by atoms with Crippen LogP contribution in [0.15, 0.2) is 11.8 Å². The molecule has 2 N–H and O–H groups in total. The Hall–Kier alpha value is -1.54. The summed E-state index contributed by atoms with van der Waals surface area (Å²) in [6.45, 7) is 6.99. The minimum atomic E-state index is -0.312. The van der Waals surface area contributed by atoms with Gasteiger partial charge in [0.25, 0.3) is 5.91 Å². The first kappa shape index (κ1) is 18.5. The quantitative estimate of drug-likeness (QED) is 0.326. The maximum atomic E-state index is 11.6. The van der Waals surface area contributed by atoms with E-state index in [2.05, 4.69) is 24.5 Å². The van der Waals surface area contributed by atoms with Gasteiger partial charge in [0.1, 0.15) is 11.6 Å². The highest BCUT2D eigenvalue weighted by molar-refractivity contribution is 5.97. The average Bonchev–Trinajstić information content (AvgIpc) is 2.46. The Labute approximate surface area is 122 Å². The van der Waals surface area contributed by atoms with Crippen molar-refractivity contribution >= 4 is 5.91 Å². The SMILES string of the molecule is CCCCNC(=O)/C(C#N)=C\NCCCOCCCC. The molecule has 0 aliphatic heterocycles. The van der Waals surface area contributed by atoms with E-state index in [1.54, 1.807) is 0 Å². The van der Waals surface area contributed by atoms with Crippen molar-refractivity contribution in [2.24, 2.45) is 0 Å². The summed E-state index contributed by atoms with van der Waals surface area (Å²) in [5, 5.41) is 14.6. The number of carbonyl (C=O) groups is 1. The van der Waals surface area contributed by atoms with E-state index in [0.29, 0.717) is 19.7 Å². The highest BCUT2D eigenvalue weighted by atomic mass is 16.5. The molecule has 0 heterocycles. The zero-order chi connectivity index (χ0) is 15.1. The molecule has 0 aromatic carbocycles. The molecule has 114 valence electrons. The van der Waals surface area contributed by atoms with Gasteiger partial charge in [0, 0.05) is 32.5 Å². The number of carbonyl (C=O) groups excluding carboxylic acids is 1. The molecular formula is C15H27N3O2. The number of nitriles is 1. The van der Waals surface area contributed by atoms with Gasteiger partial charge in [-0.25, -0.2) is 0 Å². The lowest BCUT2D eigenvalue weighted by atomic mass is 10.2. The summed E-state index contributed by atoms with van der Waals surface area (Å²) >= 11 is 0. The fourth-order valence-electron chi connectivity index (χ4n) is 1.42. The first-order valence-corrected chi connectivity index (χ1v) is 7.45.